The van der Waals surface area contributed by atoms with Gasteiger partial charge in [0.2, 0.25) is 0 Å². The van der Waals surface area contributed by atoms with Crippen molar-refractivity contribution < 1.29 is 14.6 Å². The Kier molecular flexibility index (Phi) is 4.31. The molecule has 0 saturated carbocycles. The number of benzene rings is 1. The quantitative estimate of drug-likeness (QED) is 0.937. The van der Waals surface area contributed by atoms with Crippen LogP contribution in [0.3, 0.4) is 0 Å². The number of ether oxygens (including phenoxy) is 2. The zero-order valence-corrected chi connectivity index (χ0v) is 12.6. The highest BCUT2D eigenvalue weighted by Gasteiger charge is 2.12. The number of aliphatic hydroxyl groups is 1. The van der Waals surface area contributed by atoms with Crippen LogP contribution >= 0.6 is 11.8 Å². The second kappa shape index (κ2) is 6.37. The van der Waals surface area contributed by atoms with Crippen LogP contribution in [-0.4, -0.2) is 23.3 Å². The average molecular weight is 303 g/mol. The Morgan fingerprint density at radius 1 is 1.14 bits per heavy atom. The Morgan fingerprint density at radius 3 is 2.62 bits per heavy atom. The molecule has 2 heterocycles. The molecule has 2 aromatic rings. The third kappa shape index (κ3) is 3.31. The summed E-state index contributed by atoms with van der Waals surface area (Å²) in [6.45, 7) is 3.13. The van der Waals surface area contributed by atoms with Gasteiger partial charge in [0.15, 0.2) is 11.5 Å². The van der Waals surface area contributed by atoms with E-state index in [2.05, 4.69) is 4.98 Å². The molecule has 0 fully saturated rings. The van der Waals surface area contributed by atoms with Crippen LogP contribution in [-0.2, 0) is 0 Å². The third-order valence-corrected chi connectivity index (χ3v) is 4.20. The van der Waals surface area contributed by atoms with Gasteiger partial charge in [-0.2, -0.15) is 0 Å². The van der Waals surface area contributed by atoms with Crippen LogP contribution in [0.15, 0.2) is 46.3 Å². The zero-order chi connectivity index (χ0) is 14.7. The lowest BCUT2D eigenvalue weighted by atomic mass is 10.2. The predicted molar refractivity (Wildman–Crippen MR) is 81.0 cm³/mol. The van der Waals surface area contributed by atoms with E-state index in [4.69, 9.17) is 9.47 Å². The van der Waals surface area contributed by atoms with Crippen LogP contribution in [0, 0.1) is 0 Å². The average Bonchev–Trinajstić information content (AvgIpc) is 2.55. The monoisotopic (exact) mass is 303 g/mol. The second-order valence-corrected chi connectivity index (χ2v) is 5.90. The van der Waals surface area contributed by atoms with Gasteiger partial charge >= 0.3 is 0 Å². The lowest BCUT2D eigenvalue weighted by molar-refractivity contribution is 0.169. The summed E-state index contributed by atoms with van der Waals surface area (Å²) in [7, 11) is 0. The van der Waals surface area contributed by atoms with Gasteiger partial charge in [0, 0.05) is 16.0 Å². The molecule has 5 heteroatoms. The Bertz CT molecular complexity index is 615. The SMILES string of the molecule is CC[C@H](O)c1ccc(Sc2ccc3c(c2)OCCO3)cn1. The third-order valence-electron chi connectivity index (χ3n) is 3.24. The predicted octanol–water partition coefficient (Wildman–Crippen LogP) is 3.45. The van der Waals surface area contributed by atoms with E-state index in [1.165, 1.54) is 0 Å². The standard InChI is InChI=1S/C16H17NO3S/c1-2-14(18)13-5-3-12(10-17-13)21-11-4-6-15-16(9-11)20-8-7-19-15/h3-6,9-10,14,18H,2,7-8H2,1H3/t14-/m0/s1. The van der Waals surface area contributed by atoms with E-state index in [0.29, 0.717) is 25.3 Å². The van der Waals surface area contributed by atoms with E-state index in [0.717, 1.165) is 21.3 Å². The van der Waals surface area contributed by atoms with Crippen LogP contribution in [0.4, 0.5) is 0 Å². The van der Waals surface area contributed by atoms with Crippen molar-refractivity contribution in [1.29, 1.82) is 0 Å². The van der Waals surface area contributed by atoms with Gasteiger partial charge in [0.05, 0.1) is 11.8 Å². The molecule has 0 spiro atoms. The maximum atomic E-state index is 9.74. The topological polar surface area (TPSA) is 51.6 Å². The van der Waals surface area contributed by atoms with Gasteiger partial charge in [-0.05, 0) is 36.8 Å². The van der Waals surface area contributed by atoms with E-state index in [1.54, 1.807) is 18.0 Å². The van der Waals surface area contributed by atoms with Gasteiger partial charge in [0.1, 0.15) is 13.2 Å². The molecule has 0 unspecified atom stereocenters. The molecule has 1 aromatic carbocycles. The molecular formula is C16H17NO3S. The lowest BCUT2D eigenvalue weighted by Crippen LogP contribution is -2.15. The largest absolute Gasteiger partial charge is 0.486 e. The summed E-state index contributed by atoms with van der Waals surface area (Å²) in [5.74, 6) is 1.59. The van der Waals surface area contributed by atoms with Crippen molar-refractivity contribution in [3.05, 3.63) is 42.2 Å². The molecule has 1 N–H and O–H groups in total. The first-order valence-electron chi connectivity index (χ1n) is 6.98. The molecule has 1 aliphatic rings. The second-order valence-electron chi connectivity index (χ2n) is 4.75. The van der Waals surface area contributed by atoms with E-state index in [1.807, 2.05) is 37.3 Å². The van der Waals surface area contributed by atoms with E-state index < -0.39 is 6.10 Å². The maximum absolute atomic E-state index is 9.74. The molecule has 0 radical (unpaired) electrons. The first-order chi connectivity index (χ1) is 10.3. The Balaban J connectivity index is 1.74. The summed E-state index contributed by atoms with van der Waals surface area (Å²) in [5.41, 5.74) is 0.712. The Labute approximate surface area is 128 Å². The minimum atomic E-state index is -0.488. The molecule has 0 saturated heterocycles. The van der Waals surface area contributed by atoms with Crippen LogP contribution < -0.4 is 9.47 Å². The number of fused-ring (bicyclic) bond motifs is 1. The van der Waals surface area contributed by atoms with Gasteiger partial charge in [-0.25, -0.2) is 0 Å². The van der Waals surface area contributed by atoms with Crippen molar-refractivity contribution in [2.75, 3.05) is 13.2 Å². The summed E-state index contributed by atoms with van der Waals surface area (Å²) < 4.78 is 11.1. The Morgan fingerprint density at radius 2 is 1.90 bits per heavy atom. The fourth-order valence-electron chi connectivity index (χ4n) is 2.08. The van der Waals surface area contributed by atoms with Crippen LogP contribution in [0.2, 0.25) is 0 Å². The number of hydrogen-bond acceptors (Lipinski definition) is 5. The van der Waals surface area contributed by atoms with E-state index in [-0.39, 0.29) is 0 Å². The summed E-state index contributed by atoms with van der Waals surface area (Å²) in [6.07, 6.45) is 1.97. The van der Waals surface area contributed by atoms with Gasteiger partial charge in [-0.1, -0.05) is 18.7 Å². The van der Waals surface area contributed by atoms with Gasteiger partial charge in [-0.15, -0.1) is 0 Å². The fraction of sp³-hybridized carbons (Fsp3) is 0.312. The van der Waals surface area contributed by atoms with Crippen LogP contribution in [0.1, 0.15) is 25.1 Å². The minimum absolute atomic E-state index is 0.488. The van der Waals surface area contributed by atoms with Crippen molar-refractivity contribution in [1.82, 2.24) is 4.98 Å². The molecule has 3 rings (SSSR count). The number of pyridine rings is 1. The number of aromatic nitrogens is 1. The van der Waals surface area contributed by atoms with Gasteiger partial charge < -0.3 is 14.6 Å². The minimum Gasteiger partial charge on any atom is -0.486 e. The molecule has 0 bridgehead atoms. The van der Waals surface area contributed by atoms with Crippen molar-refractivity contribution >= 4 is 11.8 Å². The molecule has 21 heavy (non-hydrogen) atoms. The number of rotatable bonds is 4. The van der Waals surface area contributed by atoms with Crippen molar-refractivity contribution in [2.45, 2.75) is 29.2 Å². The molecule has 110 valence electrons. The molecule has 1 atom stereocenters. The molecule has 0 aliphatic carbocycles. The fourth-order valence-corrected chi connectivity index (χ4v) is 2.90. The summed E-state index contributed by atoms with van der Waals surface area (Å²) >= 11 is 1.61. The van der Waals surface area contributed by atoms with Gasteiger partial charge in [0.25, 0.3) is 0 Å². The first-order valence-corrected chi connectivity index (χ1v) is 7.79. The van der Waals surface area contributed by atoms with Gasteiger partial charge in [-0.3, -0.25) is 4.98 Å². The highest BCUT2D eigenvalue weighted by atomic mass is 32.2. The van der Waals surface area contributed by atoms with Crippen molar-refractivity contribution in [3.63, 3.8) is 0 Å². The summed E-state index contributed by atoms with van der Waals surface area (Å²) in [4.78, 5) is 6.41. The molecule has 4 nitrogen and oxygen atoms in total. The normalized spacial score (nSPS) is 14.8. The molecular weight excluding hydrogens is 286 g/mol. The van der Waals surface area contributed by atoms with E-state index in [9.17, 15) is 5.11 Å². The highest BCUT2D eigenvalue weighted by Crippen LogP contribution is 2.36. The number of aliphatic hydroxyl groups excluding tert-OH is 1. The smallest absolute Gasteiger partial charge is 0.162 e. The van der Waals surface area contributed by atoms with E-state index >= 15 is 0 Å². The van der Waals surface area contributed by atoms with Crippen molar-refractivity contribution in [2.24, 2.45) is 0 Å². The maximum Gasteiger partial charge on any atom is 0.162 e. The van der Waals surface area contributed by atoms with Crippen LogP contribution in [0.25, 0.3) is 0 Å². The molecule has 1 aliphatic heterocycles. The Hall–Kier alpha value is -1.72. The molecule has 1 aromatic heterocycles. The summed E-state index contributed by atoms with van der Waals surface area (Å²) in [6, 6.07) is 9.76. The summed E-state index contributed by atoms with van der Waals surface area (Å²) in [5, 5.41) is 9.74. The lowest BCUT2D eigenvalue weighted by Gasteiger charge is -2.18. The first kappa shape index (κ1) is 14.2. The van der Waals surface area contributed by atoms with Crippen LogP contribution in [0.5, 0.6) is 11.5 Å². The number of hydrogen-bond donors (Lipinski definition) is 1. The molecule has 0 amide bonds. The number of nitrogens with zero attached hydrogens (tertiary/aromatic N) is 1. The van der Waals surface area contributed by atoms with Crippen molar-refractivity contribution in [3.8, 4) is 11.5 Å². The zero-order valence-electron chi connectivity index (χ0n) is 11.8. The highest BCUT2D eigenvalue weighted by molar-refractivity contribution is 7.99.